The monoisotopic (exact) mass is 415 g/mol. The Bertz CT molecular complexity index is 759. The molecule has 7 nitrogen and oxygen atoms in total. The van der Waals surface area contributed by atoms with Crippen molar-refractivity contribution < 1.29 is 19.1 Å². The zero-order chi connectivity index (χ0) is 21.5. The van der Waals surface area contributed by atoms with E-state index in [0.29, 0.717) is 44.8 Å². The maximum atomic E-state index is 12.7. The third kappa shape index (κ3) is 5.32. The number of hydrogen-bond donors (Lipinski definition) is 0. The van der Waals surface area contributed by atoms with Crippen LogP contribution < -0.4 is 9.64 Å². The molecule has 3 rings (SSSR count). The highest BCUT2D eigenvalue weighted by molar-refractivity contribution is 5.97. The SMILES string of the molecule is CCCCN(C)C(=O)C1CCN(C(=O)CCC(=O)N2CCOc3ccccc32)CC1. The zero-order valence-corrected chi connectivity index (χ0v) is 18.1. The summed E-state index contributed by atoms with van der Waals surface area (Å²) >= 11 is 0. The predicted molar refractivity (Wildman–Crippen MR) is 115 cm³/mol. The molecule has 7 heteroatoms. The second kappa shape index (κ2) is 10.5. The van der Waals surface area contributed by atoms with Gasteiger partial charge in [0.05, 0.1) is 12.2 Å². The molecule has 0 bridgehead atoms. The largest absolute Gasteiger partial charge is 0.490 e. The fourth-order valence-corrected chi connectivity index (χ4v) is 4.13. The van der Waals surface area contributed by atoms with Crippen molar-refractivity contribution in [3.63, 3.8) is 0 Å². The highest BCUT2D eigenvalue weighted by Gasteiger charge is 2.30. The minimum absolute atomic E-state index is 0.00221. The number of carbonyl (C=O) groups is 3. The van der Waals surface area contributed by atoms with Crippen LogP contribution in [0.3, 0.4) is 0 Å². The first-order chi connectivity index (χ1) is 14.5. The summed E-state index contributed by atoms with van der Waals surface area (Å²) in [6.45, 7) is 5.05. The molecular formula is C23H33N3O4. The fourth-order valence-electron chi connectivity index (χ4n) is 4.13. The molecule has 0 radical (unpaired) electrons. The summed E-state index contributed by atoms with van der Waals surface area (Å²) in [6.07, 6.45) is 3.87. The summed E-state index contributed by atoms with van der Waals surface area (Å²) < 4.78 is 5.59. The Hall–Kier alpha value is -2.57. The van der Waals surface area contributed by atoms with Gasteiger partial charge in [-0.3, -0.25) is 14.4 Å². The Morgan fingerprint density at radius 3 is 2.50 bits per heavy atom. The van der Waals surface area contributed by atoms with Crippen molar-refractivity contribution in [3.8, 4) is 5.75 Å². The number of amides is 3. The lowest BCUT2D eigenvalue weighted by molar-refractivity contribution is -0.140. The van der Waals surface area contributed by atoms with Crippen molar-refractivity contribution in [2.45, 2.75) is 45.4 Å². The first-order valence-electron chi connectivity index (χ1n) is 11.1. The molecule has 0 saturated carbocycles. The maximum Gasteiger partial charge on any atom is 0.227 e. The lowest BCUT2D eigenvalue weighted by Crippen LogP contribution is -2.44. The minimum Gasteiger partial charge on any atom is -0.490 e. The topological polar surface area (TPSA) is 70.2 Å². The van der Waals surface area contributed by atoms with Crippen molar-refractivity contribution >= 4 is 23.4 Å². The summed E-state index contributed by atoms with van der Waals surface area (Å²) in [7, 11) is 1.87. The number of fused-ring (bicyclic) bond motifs is 1. The number of anilines is 1. The summed E-state index contributed by atoms with van der Waals surface area (Å²) in [4.78, 5) is 43.2. The Labute approximate surface area is 179 Å². The molecule has 1 fully saturated rings. The van der Waals surface area contributed by atoms with Gasteiger partial charge in [0.2, 0.25) is 17.7 Å². The van der Waals surface area contributed by atoms with Gasteiger partial charge in [-0.25, -0.2) is 0 Å². The van der Waals surface area contributed by atoms with Crippen LogP contribution in [0.1, 0.15) is 45.4 Å². The molecule has 0 aromatic heterocycles. The fraction of sp³-hybridized carbons (Fsp3) is 0.609. The van der Waals surface area contributed by atoms with E-state index in [1.807, 2.05) is 36.2 Å². The number of piperidine rings is 1. The van der Waals surface area contributed by atoms with Gasteiger partial charge in [0, 0.05) is 45.4 Å². The quantitative estimate of drug-likeness (QED) is 0.687. The van der Waals surface area contributed by atoms with Crippen molar-refractivity contribution in [3.05, 3.63) is 24.3 Å². The van der Waals surface area contributed by atoms with Gasteiger partial charge in [-0.15, -0.1) is 0 Å². The summed E-state index contributed by atoms with van der Waals surface area (Å²) in [5.74, 6) is 0.843. The van der Waals surface area contributed by atoms with Gasteiger partial charge in [-0.1, -0.05) is 25.5 Å². The summed E-state index contributed by atoms with van der Waals surface area (Å²) in [6, 6.07) is 7.48. The van der Waals surface area contributed by atoms with Crippen LogP contribution in [0.25, 0.3) is 0 Å². The van der Waals surface area contributed by atoms with E-state index in [1.165, 1.54) is 0 Å². The van der Waals surface area contributed by atoms with Crippen LogP contribution in [-0.2, 0) is 14.4 Å². The van der Waals surface area contributed by atoms with Crippen molar-refractivity contribution in [1.29, 1.82) is 0 Å². The first kappa shape index (κ1) is 22.1. The molecule has 164 valence electrons. The number of likely N-dealkylation sites (tertiary alicyclic amines) is 1. The van der Waals surface area contributed by atoms with Crippen molar-refractivity contribution in [1.82, 2.24) is 9.80 Å². The molecule has 2 aliphatic rings. The highest BCUT2D eigenvalue weighted by Crippen LogP contribution is 2.31. The lowest BCUT2D eigenvalue weighted by atomic mass is 9.95. The molecular weight excluding hydrogens is 382 g/mol. The Kier molecular flexibility index (Phi) is 7.71. The number of benzene rings is 1. The predicted octanol–water partition coefficient (Wildman–Crippen LogP) is 2.69. The molecule has 1 aromatic rings. The van der Waals surface area contributed by atoms with Gasteiger partial charge in [-0.05, 0) is 31.4 Å². The normalized spacial score (nSPS) is 16.6. The van der Waals surface area contributed by atoms with E-state index in [2.05, 4.69) is 6.92 Å². The van der Waals surface area contributed by atoms with Crippen molar-refractivity contribution in [2.24, 2.45) is 5.92 Å². The van der Waals surface area contributed by atoms with Crippen LogP contribution in [0.2, 0.25) is 0 Å². The van der Waals surface area contributed by atoms with E-state index in [-0.39, 0.29) is 36.5 Å². The molecule has 0 N–H and O–H groups in total. The van der Waals surface area contributed by atoms with E-state index < -0.39 is 0 Å². The van der Waals surface area contributed by atoms with Gasteiger partial charge >= 0.3 is 0 Å². The van der Waals surface area contributed by atoms with E-state index >= 15 is 0 Å². The summed E-state index contributed by atoms with van der Waals surface area (Å²) in [5, 5.41) is 0. The molecule has 1 aromatic carbocycles. The molecule has 30 heavy (non-hydrogen) atoms. The number of rotatable bonds is 7. The van der Waals surface area contributed by atoms with Crippen LogP contribution in [0.4, 0.5) is 5.69 Å². The lowest BCUT2D eigenvalue weighted by Gasteiger charge is -2.33. The van der Waals surface area contributed by atoms with Crippen LogP contribution in [0.5, 0.6) is 5.75 Å². The van der Waals surface area contributed by atoms with Crippen molar-refractivity contribution in [2.75, 3.05) is 44.7 Å². The van der Waals surface area contributed by atoms with Crippen LogP contribution in [0, 0.1) is 5.92 Å². The van der Waals surface area contributed by atoms with Crippen LogP contribution in [0.15, 0.2) is 24.3 Å². The van der Waals surface area contributed by atoms with E-state index in [1.54, 1.807) is 9.80 Å². The van der Waals surface area contributed by atoms with Crippen LogP contribution >= 0.6 is 0 Å². The average molecular weight is 416 g/mol. The molecule has 0 aliphatic carbocycles. The molecule has 2 heterocycles. The first-order valence-corrected chi connectivity index (χ1v) is 11.1. The second-order valence-electron chi connectivity index (χ2n) is 8.13. The van der Waals surface area contributed by atoms with Gasteiger partial charge in [0.15, 0.2) is 0 Å². The Balaban J connectivity index is 1.44. The third-order valence-corrected chi connectivity index (χ3v) is 6.00. The molecule has 3 amide bonds. The standard InChI is InChI=1S/C23H33N3O4/c1-3-4-13-24(2)23(29)18-11-14-25(15-12-18)21(27)9-10-22(28)26-16-17-30-20-8-6-5-7-19(20)26/h5-8,18H,3-4,9-17H2,1-2H3. The molecule has 0 atom stereocenters. The zero-order valence-electron chi connectivity index (χ0n) is 18.1. The van der Waals surface area contributed by atoms with Gasteiger partial charge in [0.1, 0.15) is 12.4 Å². The molecule has 1 saturated heterocycles. The highest BCUT2D eigenvalue weighted by atomic mass is 16.5. The van der Waals surface area contributed by atoms with E-state index in [9.17, 15) is 14.4 Å². The molecule has 0 unspecified atom stereocenters. The van der Waals surface area contributed by atoms with Gasteiger partial charge < -0.3 is 19.4 Å². The van der Waals surface area contributed by atoms with Gasteiger partial charge in [0.25, 0.3) is 0 Å². The Morgan fingerprint density at radius 1 is 1.07 bits per heavy atom. The number of nitrogens with zero attached hydrogens (tertiary/aromatic N) is 3. The molecule has 0 spiro atoms. The second-order valence-corrected chi connectivity index (χ2v) is 8.13. The number of hydrogen-bond acceptors (Lipinski definition) is 4. The number of para-hydroxylation sites is 2. The third-order valence-electron chi connectivity index (χ3n) is 6.00. The number of unbranched alkanes of at least 4 members (excludes halogenated alkanes) is 1. The van der Waals surface area contributed by atoms with Gasteiger partial charge in [-0.2, -0.15) is 0 Å². The minimum atomic E-state index is -0.0540. The number of carbonyl (C=O) groups excluding carboxylic acids is 3. The van der Waals surface area contributed by atoms with E-state index in [4.69, 9.17) is 4.74 Å². The maximum absolute atomic E-state index is 12.7. The smallest absolute Gasteiger partial charge is 0.227 e. The van der Waals surface area contributed by atoms with Crippen LogP contribution in [-0.4, -0.2) is 67.4 Å². The summed E-state index contributed by atoms with van der Waals surface area (Å²) in [5.41, 5.74) is 0.771. The molecule has 2 aliphatic heterocycles. The number of ether oxygens (including phenoxy) is 1. The Morgan fingerprint density at radius 2 is 1.77 bits per heavy atom. The average Bonchev–Trinajstić information content (AvgIpc) is 2.79. The van der Waals surface area contributed by atoms with E-state index in [0.717, 1.165) is 25.1 Å².